The van der Waals surface area contributed by atoms with Crippen molar-refractivity contribution in [2.24, 2.45) is 12.0 Å². The zero-order chi connectivity index (χ0) is 29.2. The number of fused-ring (bicyclic) bond motifs is 1. The van der Waals surface area contributed by atoms with Crippen molar-refractivity contribution in [2.75, 3.05) is 6.26 Å². The lowest BCUT2D eigenvalue weighted by Crippen LogP contribution is -2.21. The molecule has 0 atom stereocenters. The van der Waals surface area contributed by atoms with E-state index in [1.165, 1.54) is 16.4 Å². The van der Waals surface area contributed by atoms with E-state index in [0.717, 1.165) is 28.1 Å². The van der Waals surface area contributed by atoms with Crippen molar-refractivity contribution in [3.05, 3.63) is 100 Å². The van der Waals surface area contributed by atoms with Crippen molar-refractivity contribution >= 4 is 45.8 Å². The van der Waals surface area contributed by atoms with Crippen LogP contribution in [0, 0.1) is 11.3 Å². The monoisotopic (exact) mass is 590 g/mol. The van der Waals surface area contributed by atoms with Gasteiger partial charge in [-0.1, -0.05) is 59.9 Å². The van der Waals surface area contributed by atoms with Gasteiger partial charge in [0.2, 0.25) is 10.6 Å². The maximum atomic E-state index is 13.3. The van der Waals surface area contributed by atoms with Gasteiger partial charge in [0.1, 0.15) is 17.3 Å². The molecule has 10 nitrogen and oxygen atoms in total. The van der Waals surface area contributed by atoms with Crippen LogP contribution in [0.2, 0.25) is 0 Å². The Kier molecular flexibility index (Phi) is 7.35. The smallest absolute Gasteiger partial charge is 0.279 e. The number of carbonyl (C=O) groups excluding carboxylic acids is 2. The third-order valence-corrected chi connectivity index (χ3v) is 8.11. The molecule has 3 aromatic heterocycles. The Balaban J connectivity index is 1.70. The van der Waals surface area contributed by atoms with Gasteiger partial charge in [-0.15, -0.1) is 16.9 Å². The molecule has 0 N–H and O–H groups in total. The molecule has 42 heavy (non-hydrogen) atoms. The van der Waals surface area contributed by atoms with Crippen LogP contribution in [0.5, 0.6) is 0 Å². The SMILES string of the molecule is CSc1nn(-c2ccccc2)c(-n2nc(C(=O)CC#N)sc2=NC(=O)c2ccccc2)c1-c1nc2ccccc2n1C. The van der Waals surface area contributed by atoms with Crippen LogP contribution in [0.15, 0.2) is 94.9 Å². The number of amides is 1. The van der Waals surface area contributed by atoms with Gasteiger partial charge in [0.15, 0.2) is 10.8 Å². The zero-order valence-corrected chi connectivity index (χ0v) is 24.1. The first kappa shape index (κ1) is 27.1. The van der Waals surface area contributed by atoms with Gasteiger partial charge in [0.25, 0.3) is 5.91 Å². The Hall–Kier alpha value is -5.12. The Morgan fingerprint density at radius 1 is 0.952 bits per heavy atom. The van der Waals surface area contributed by atoms with Crippen LogP contribution < -0.4 is 4.80 Å². The predicted octanol–water partition coefficient (Wildman–Crippen LogP) is 5.23. The molecule has 0 spiro atoms. The average molecular weight is 591 g/mol. The fourth-order valence-electron chi connectivity index (χ4n) is 4.53. The van der Waals surface area contributed by atoms with Crippen molar-refractivity contribution in [1.82, 2.24) is 29.1 Å². The molecule has 3 aromatic carbocycles. The molecular formula is C30H22N8O2S2. The summed E-state index contributed by atoms with van der Waals surface area (Å²) in [5.41, 5.74) is 3.51. The first-order valence-electron chi connectivity index (χ1n) is 12.8. The molecule has 0 fully saturated rings. The molecule has 206 valence electrons. The maximum absolute atomic E-state index is 13.3. The Labute approximate surface area is 248 Å². The summed E-state index contributed by atoms with van der Waals surface area (Å²) in [4.78, 5) is 35.7. The molecule has 6 rings (SSSR count). The third kappa shape index (κ3) is 4.85. The Bertz CT molecular complexity index is 2070. The fraction of sp³-hybridized carbons (Fsp3) is 0.100. The van der Waals surface area contributed by atoms with Gasteiger partial charge < -0.3 is 4.57 Å². The quantitative estimate of drug-likeness (QED) is 0.184. The third-order valence-electron chi connectivity index (χ3n) is 6.49. The maximum Gasteiger partial charge on any atom is 0.279 e. The summed E-state index contributed by atoms with van der Waals surface area (Å²) in [6.45, 7) is 0. The second kappa shape index (κ2) is 11.4. The van der Waals surface area contributed by atoms with E-state index in [4.69, 9.17) is 10.1 Å². The van der Waals surface area contributed by atoms with Crippen LogP contribution in [0.4, 0.5) is 0 Å². The van der Waals surface area contributed by atoms with Crippen molar-refractivity contribution in [3.8, 4) is 29.0 Å². The fourth-order valence-corrected chi connectivity index (χ4v) is 5.90. The molecule has 1 amide bonds. The van der Waals surface area contributed by atoms with E-state index >= 15 is 0 Å². The number of hydrogen-bond acceptors (Lipinski definition) is 8. The van der Waals surface area contributed by atoms with E-state index in [2.05, 4.69) is 10.1 Å². The Morgan fingerprint density at radius 3 is 2.33 bits per heavy atom. The van der Waals surface area contributed by atoms with E-state index in [-0.39, 0.29) is 16.2 Å². The lowest BCUT2D eigenvalue weighted by atomic mass is 10.2. The number of para-hydroxylation sites is 3. The second-order valence-electron chi connectivity index (χ2n) is 9.08. The molecule has 0 aliphatic rings. The summed E-state index contributed by atoms with van der Waals surface area (Å²) in [5, 5.41) is 19.5. The van der Waals surface area contributed by atoms with Crippen molar-refractivity contribution in [3.63, 3.8) is 0 Å². The largest absolute Gasteiger partial charge is 0.327 e. The minimum atomic E-state index is -0.493. The molecule has 12 heteroatoms. The van der Waals surface area contributed by atoms with Gasteiger partial charge in [0, 0.05) is 12.6 Å². The Morgan fingerprint density at radius 2 is 1.64 bits per heavy atom. The lowest BCUT2D eigenvalue weighted by molar-refractivity contribution is 0.0989. The van der Waals surface area contributed by atoms with Gasteiger partial charge in [-0.05, 0) is 42.7 Å². The normalized spacial score (nSPS) is 11.6. The topological polar surface area (TPSA) is 124 Å². The van der Waals surface area contributed by atoms with Crippen LogP contribution in [0.3, 0.4) is 0 Å². The highest BCUT2D eigenvalue weighted by atomic mass is 32.2. The van der Waals surface area contributed by atoms with Gasteiger partial charge in [-0.3, -0.25) is 9.59 Å². The summed E-state index contributed by atoms with van der Waals surface area (Å²) >= 11 is 2.39. The molecule has 0 saturated heterocycles. The average Bonchev–Trinajstić information content (AvgIpc) is 3.71. The number of benzene rings is 3. The number of hydrogen-bond donors (Lipinski definition) is 0. The zero-order valence-electron chi connectivity index (χ0n) is 22.5. The second-order valence-corrected chi connectivity index (χ2v) is 10.8. The molecule has 0 unspecified atom stereocenters. The van der Waals surface area contributed by atoms with Crippen molar-refractivity contribution < 1.29 is 9.59 Å². The van der Waals surface area contributed by atoms with Crippen LogP contribution in [-0.4, -0.2) is 47.1 Å². The van der Waals surface area contributed by atoms with E-state index in [0.29, 0.717) is 27.8 Å². The molecule has 0 aliphatic heterocycles. The minimum absolute atomic E-state index is 0.0543. The number of aromatic nitrogens is 6. The van der Waals surface area contributed by atoms with Crippen LogP contribution in [0.1, 0.15) is 26.6 Å². The highest BCUT2D eigenvalue weighted by Gasteiger charge is 2.28. The predicted molar refractivity (Wildman–Crippen MR) is 161 cm³/mol. The van der Waals surface area contributed by atoms with Gasteiger partial charge >= 0.3 is 0 Å². The number of thioether (sulfide) groups is 1. The number of Topliss-reactive ketones (excluding diaryl/α,β-unsaturated/α-hetero) is 1. The number of ketones is 1. The number of imidazole rings is 1. The van der Waals surface area contributed by atoms with E-state index in [9.17, 15) is 14.9 Å². The van der Waals surface area contributed by atoms with Crippen LogP contribution >= 0.6 is 23.1 Å². The summed E-state index contributed by atoms with van der Waals surface area (Å²) < 4.78 is 5.15. The molecule has 6 aromatic rings. The first-order chi connectivity index (χ1) is 20.5. The van der Waals surface area contributed by atoms with E-state index < -0.39 is 11.7 Å². The number of nitriles is 1. The summed E-state index contributed by atoms with van der Waals surface area (Å²) in [6.07, 6.45) is 1.57. The van der Waals surface area contributed by atoms with E-state index in [1.54, 1.807) is 28.9 Å². The molecular weight excluding hydrogens is 569 g/mol. The van der Waals surface area contributed by atoms with Crippen molar-refractivity contribution in [2.45, 2.75) is 11.4 Å². The molecule has 0 aliphatic carbocycles. The van der Waals surface area contributed by atoms with Crippen LogP contribution in [-0.2, 0) is 7.05 Å². The van der Waals surface area contributed by atoms with Crippen LogP contribution in [0.25, 0.3) is 33.9 Å². The number of nitrogens with zero attached hydrogens (tertiary/aromatic N) is 8. The van der Waals surface area contributed by atoms with Gasteiger partial charge in [-0.25, -0.2) is 9.67 Å². The van der Waals surface area contributed by atoms with Gasteiger partial charge in [0.05, 0.1) is 28.4 Å². The lowest BCUT2D eigenvalue weighted by Gasteiger charge is -2.10. The molecule has 3 heterocycles. The highest BCUT2D eigenvalue weighted by Crippen LogP contribution is 2.37. The van der Waals surface area contributed by atoms with Gasteiger partial charge in [-0.2, -0.15) is 20.0 Å². The standard InChI is InChI=1S/C30H22N8O2S2/c1-36-22-16-10-9-15-21(22)32-25(36)24-28(41-2)35-37(20-13-7-4-8-14-20)29(24)38-30(42-27(34-38)23(39)17-18-31)33-26(40)19-11-5-3-6-12-19/h3-16H,17H2,1-2H3. The summed E-state index contributed by atoms with van der Waals surface area (Å²) in [7, 11) is 1.93. The van der Waals surface area contributed by atoms with E-state index in [1.807, 2.05) is 84.6 Å². The molecule has 0 bridgehead atoms. The number of carbonyl (C=O) groups is 2. The molecule has 0 saturated carbocycles. The van der Waals surface area contributed by atoms with Crippen molar-refractivity contribution in [1.29, 1.82) is 5.26 Å². The number of aryl methyl sites for hydroxylation is 1. The molecule has 0 radical (unpaired) electrons. The minimum Gasteiger partial charge on any atom is -0.327 e. The number of rotatable bonds is 7. The first-order valence-corrected chi connectivity index (χ1v) is 14.8. The highest BCUT2D eigenvalue weighted by molar-refractivity contribution is 7.98. The summed E-state index contributed by atoms with van der Waals surface area (Å²) in [5.74, 6) is 0.122. The summed E-state index contributed by atoms with van der Waals surface area (Å²) in [6, 6.07) is 27.9.